The van der Waals surface area contributed by atoms with Crippen molar-refractivity contribution in [1.82, 2.24) is 20.6 Å². The van der Waals surface area contributed by atoms with Gasteiger partial charge in [0.15, 0.2) is 0 Å². The van der Waals surface area contributed by atoms with Crippen LogP contribution in [0.3, 0.4) is 0 Å². The second-order valence-electron chi connectivity index (χ2n) is 5.69. The summed E-state index contributed by atoms with van der Waals surface area (Å²) >= 11 is 0. The topological polar surface area (TPSA) is 49.8 Å². The molecule has 0 aliphatic carbocycles. The Labute approximate surface area is 114 Å². The number of nitrogens with zero attached hydrogens (tertiary/aromatic N) is 2. The monoisotopic (exact) mass is 258 g/mol. The van der Waals surface area contributed by atoms with Crippen molar-refractivity contribution in [2.45, 2.75) is 32.9 Å². The molecule has 0 atom stereocenters. The predicted octanol–water partition coefficient (Wildman–Crippen LogP) is 2.11. The molecule has 0 saturated carbocycles. The van der Waals surface area contributed by atoms with E-state index in [1.54, 1.807) is 12.4 Å². The third-order valence-corrected chi connectivity index (χ3v) is 2.85. The van der Waals surface area contributed by atoms with E-state index in [-0.39, 0.29) is 5.54 Å². The summed E-state index contributed by atoms with van der Waals surface area (Å²) < 4.78 is 0. The number of hydrogen-bond acceptors (Lipinski definition) is 4. The van der Waals surface area contributed by atoms with Crippen molar-refractivity contribution >= 4 is 11.0 Å². The second kappa shape index (κ2) is 6.08. The molecule has 0 aliphatic heterocycles. The summed E-state index contributed by atoms with van der Waals surface area (Å²) in [4.78, 5) is 8.72. The average Bonchev–Trinajstić information content (AvgIpc) is 2.37. The van der Waals surface area contributed by atoms with E-state index in [9.17, 15) is 0 Å². The zero-order chi connectivity index (χ0) is 13.7. The summed E-state index contributed by atoms with van der Waals surface area (Å²) in [6.07, 6.45) is 3.47. The molecule has 0 fully saturated rings. The van der Waals surface area contributed by atoms with Crippen molar-refractivity contribution in [1.29, 1.82) is 0 Å². The molecule has 19 heavy (non-hydrogen) atoms. The van der Waals surface area contributed by atoms with Crippen molar-refractivity contribution in [3.63, 3.8) is 0 Å². The van der Waals surface area contributed by atoms with Gasteiger partial charge in [-0.3, -0.25) is 9.97 Å². The molecule has 4 nitrogen and oxygen atoms in total. The number of fused-ring (bicyclic) bond motifs is 1. The molecule has 0 spiro atoms. The number of para-hydroxylation sites is 1. The summed E-state index contributed by atoms with van der Waals surface area (Å²) in [5.41, 5.74) is 3.31. The van der Waals surface area contributed by atoms with Gasteiger partial charge in [-0.1, -0.05) is 12.1 Å². The Morgan fingerprint density at radius 1 is 1.05 bits per heavy atom. The minimum absolute atomic E-state index is 0.173. The maximum atomic E-state index is 4.40. The van der Waals surface area contributed by atoms with E-state index in [2.05, 4.69) is 47.4 Å². The van der Waals surface area contributed by atoms with Crippen LogP contribution in [0.2, 0.25) is 0 Å². The van der Waals surface area contributed by atoms with Gasteiger partial charge in [0, 0.05) is 37.6 Å². The standard InChI is InChI=1S/C15H22N4/c1-15(2,3)19-10-7-16-11-12-5-4-6-13-14(12)18-9-8-17-13/h4-6,8-9,16,19H,7,10-11H2,1-3H3. The van der Waals surface area contributed by atoms with E-state index >= 15 is 0 Å². The third kappa shape index (κ3) is 4.26. The minimum Gasteiger partial charge on any atom is -0.311 e. The highest BCUT2D eigenvalue weighted by atomic mass is 15.0. The molecule has 2 N–H and O–H groups in total. The van der Waals surface area contributed by atoms with Gasteiger partial charge in [0.25, 0.3) is 0 Å². The molecule has 0 unspecified atom stereocenters. The van der Waals surface area contributed by atoms with Crippen molar-refractivity contribution < 1.29 is 0 Å². The molecule has 0 aliphatic rings. The molecular formula is C15H22N4. The summed E-state index contributed by atoms with van der Waals surface area (Å²) in [5, 5.41) is 6.89. The van der Waals surface area contributed by atoms with E-state index in [1.165, 1.54) is 5.56 Å². The van der Waals surface area contributed by atoms with Crippen molar-refractivity contribution in [3.8, 4) is 0 Å². The molecule has 0 saturated heterocycles. The largest absolute Gasteiger partial charge is 0.311 e. The highest BCUT2D eigenvalue weighted by molar-refractivity contribution is 5.77. The lowest BCUT2D eigenvalue weighted by Gasteiger charge is -2.20. The number of nitrogens with one attached hydrogen (secondary N) is 2. The van der Waals surface area contributed by atoms with Crippen LogP contribution in [-0.4, -0.2) is 28.6 Å². The lowest BCUT2D eigenvalue weighted by molar-refractivity contribution is 0.421. The fourth-order valence-electron chi connectivity index (χ4n) is 1.94. The maximum Gasteiger partial charge on any atom is 0.0931 e. The second-order valence-corrected chi connectivity index (χ2v) is 5.69. The van der Waals surface area contributed by atoms with Crippen LogP contribution in [0.1, 0.15) is 26.3 Å². The van der Waals surface area contributed by atoms with Crippen LogP contribution in [0.5, 0.6) is 0 Å². The van der Waals surface area contributed by atoms with E-state index < -0.39 is 0 Å². The van der Waals surface area contributed by atoms with E-state index in [4.69, 9.17) is 0 Å². The van der Waals surface area contributed by atoms with E-state index in [0.717, 1.165) is 30.7 Å². The van der Waals surface area contributed by atoms with Crippen molar-refractivity contribution in [3.05, 3.63) is 36.2 Å². The van der Waals surface area contributed by atoms with Crippen LogP contribution >= 0.6 is 0 Å². The number of aromatic nitrogens is 2. The third-order valence-electron chi connectivity index (χ3n) is 2.85. The number of hydrogen-bond donors (Lipinski definition) is 2. The lowest BCUT2D eigenvalue weighted by Crippen LogP contribution is -2.40. The van der Waals surface area contributed by atoms with Crippen molar-refractivity contribution in [2.24, 2.45) is 0 Å². The first-order chi connectivity index (χ1) is 9.06. The Morgan fingerprint density at radius 2 is 1.84 bits per heavy atom. The van der Waals surface area contributed by atoms with Crippen LogP contribution in [0.15, 0.2) is 30.6 Å². The van der Waals surface area contributed by atoms with Gasteiger partial charge >= 0.3 is 0 Å². The maximum absolute atomic E-state index is 4.40. The molecule has 0 bridgehead atoms. The molecule has 2 aromatic rings. The van der Waals surface area contributed by atoms with Gasteiger partial charge in [-0.15, -0.1) is 0 Å². The molecule has 2 rings (SSSR count). The fraction of sp³-hybridized carbons (Fsp3) is 0.467. The quantitative estimate of drug-likeness (QED) is 0.807. The minimum atomic E-state index is 0.173. The molecule has 102 valence electrons. The number of rotatable bonds is 5. The first-order valence-electron chi connectivity index (χ1n) is 6.71. The smallest absolute Gasteiger partial charge is 0.0931 e. The van der Waals surface area contributed by atoms with Crippen LogP contribution < -0.4 is 10.6 Å². The van der Waals surface area contributed by atoms with Gasteiger partial charge in [-0.25, -0.2) is 0 Å². The van der Waals surface area contributed by atoms with Gasteiger partial charge in [0.2, 0.25) is 0 Å². The zero-order valence-corrected chi connectivity index (χ0v) is 11.9. The molecule has 1 heterocycles. The predicted molar refractivity (Wildman–Crippen MR) is 79.0 cm³/mol. The molecule has 1 aromatic carbocycles. The van der Waals surface area contributed by atoms with E-state index in [1.807, 2.05) is 12.1 Å². The molecule has 4 heteroatoms. The fourth-order valence-corrected chi connectivity index (χ4v) is 1.94. The van der Waals surface area contributed by atoms with E-state index in [0.29, 0.717) is 0 Å². The Bertz CT molecular complexity index is 526. The van der Waals surface area contributed by atoms with Gasteiger partial charge in [-0.05, 0) is 32.4 Å². The zero-order valence-electron chi connectivity index (χ0n) is 11.9. The highest BCUT2D eigenvalue weighted by Crippen LogP contribution is 2.13. The lowest BCUT2D eigenvalue weighted by atomic mass is 10.1. The highest BCUT2D eigenvalue weighted by Gasteiger charge is 2.07. The average molecular weight is 258 g/mol. The van der Waals surface area contributed by atoms with Gasteiger partial charge in [-0.2, -0.15) is 0 Å². The Kier molecular flexibility index (Phi) is 4.45. The normalized spacial score (nSPS) is 11.9. The molecular weight excluding hydrogens is 236 g/mol. The first kappa shape index (κ1) is 13.9. The van der Waals surface area contributed by atoms with Gasteiger partial charge in [0.05, 0.1) is 11.0 Å². The SMILES string of the molecule is CC(C)(C)NCCNCc1cccc2nccnc12. The Morgan fingerprint density at radius 3 is 2.63 bits per heavy atom. The van der Waals surface area contributed by atoms with Crippen LogP contribution in [0.25, 0.3) is 11.0 Å². The first-order valence-corrected chi connectivity index (χ1v) is 6.71. The van der Waals surface area contributed by atoms with Gasteiger partial charge in [0.1, 0.15) is 0 Å². The molecule has 0 amide bonds. The summed E-state index contributed by atoms with van der Waals surface area (Å²) in [6, 6.07) is 6.12. The van der Waals surface area contributed by atoms with Gasteiger partial charge < -0.3 is 10.6 Å². The summed E-state index contributed by atoms with van der Waals surface area (Å²) in [7, 11) is 0. The Balaban J connectivity index is 1.88. The van der Waals surface area contributed by atoms with Crippen LogP contribution in [0.4, 0.5) is 0 Å². The Hall–Kier alpha value is -1.52. The van der Waals surface area contributed by atoms with Crippen LogP contribution in [0, 0.1) is 0 Å². The van der Waals surface area contributed by atoms with Crippen LogP contribution in [-0.2, 0) is 6.54 Å². The molecule has 0 radical (unpaired) electrons. The summed E-state index contributed by atoms with van der Waals surface area (Å²) in [6.45, 7) is 9.24. The number of benzene rings is 1. The molecule has 1 aromatic heterocycles. The summed E-state index contributed by atoms with van der Waals surface area (Å²) in [5.74, 6) is 0. The van der Waals surface area contributed by atoms with Crippen molar-refractivity contribution in [2.75, 3.05) is 13.1 Å².